The molecule has 1 N–H and O–H groups in total. The molecule has 0 aliphatic heterocycles. The summed E-state index contributed by atoms with van der Waals surface area (Å²) in [5, 5.41) is 3.36. The molecule has 0 aromatic rings. The van der Waals surface area contributed by atoms with Gasteiger partial charge in [0.05, 0.1) is 0 Å². The molecule has 0 saturated heterocycles. The Labute approximate surface area is 98.2 Å². The predicted octanol–water partition coefficient (Wildman–Crippen LogP) is 2.73. The van der Waals surface area contributed by atoms with E-state index >= 15 is 0 Å². The number of amides is 1. The highest BCUT2D eigenvalue weighted by molar-refractivity contribution is 5.81. The predicted molar refractivity (Wildman–Crippen MR) is 63.9 cm³/mol. The molecule has 3 aliphatic carbocycles. The van der Waals surface area contributed by atoms with Gasteiger partial charge in [-0.3, -0.25) is 4.79 Å². The van der Waals surface area contributed by atoms with E-state index in [-0.39, 0.29) is 0 Å². The average molecular weight is 221 g/mol. The molecule has 3 aliphatic rings. The Bertz CT molecular complexity index is 327. The maximum absolute atomic E-state index is 12.0. The smallest absolute Gasteiger partial charge is 0.223 e. The molecular weight excluding hydrogens is 198 g/mol. The van der Waals surface area contributed by atoms with Crippen molar-refractivity contribution in [3.63, 3.8) is 0 Å². The van der Waals surface area contributed by atoms with E-state index in [1.54, 1.807) is 0 Å². The normalized spacial score (nSPS) is 44.7. The van der Waals surface area contributed by atoms with Gasteiger partial charge in [0.15, 0.2) is 0 Å². The van der Waals surface area contributed by atoms with Crippen molar-refractivity contribution in [3.8, 4) is 0 Å². The van der Waals surface area contributed by atoms with Gasteiger partial charge in [0.2, 0.25) is 5.91 Å². The maximum atomic E-state index is 12.0. The van der Waals surface area contributed by atoms with E-state index in [4.69, 9.17) is 0 Å². The fourth-order valence-electron chi connectivity index (χ4n) is 4.27. The first-order chi connectivity index (χ1) is 7.43. The molecule has 90 valence electrons. The Hall–Kier alpha value is -0.530. The summed E-state index contributed by atoms with van der Waals surface area (Å²) < 4.78 is 0. The van der Waals surface area contributed by atoms with Crippen LogP contribution in [-0.2, 0) is 4.79 Å². The minimum Gasteiger partial charge on any atom is -0.352 e. The van der Waals surface area contributed by atoms with Crippen LogP contribution in [0.5, 0.6) is 0 Å². The Morgan fingerprint density at radius 3 is 2.38 bits per heavy atom. The number of fused-ring (bicyclic) bond motifs is 2. The summed E-state index contributed by atoms with van der Waals surface area (Å²) >= 11 is 0. The van der Waals surface area contributed by atoms with Crippen molar-refractivity contribution in [2.75, 3.05) is 0 Å². The van der Waals surface area contributed by atoms with Gasteiger partial charge >= 0.3 is 0 Å². The lowest BCUT2D eigenvalue weighted by molar-refractivity contribution is -0.125. The van der Waals surface area contributed by atoms with Gasteiger partial charge in [0.1, 0.15) is 0 Å². The van der Waals surface area contributed by atoms with Crippen molar-refractivity contribution >= 4 is 5.91 Å². The number of hydrogen-bond acceptors (Lipinski definition) is 1. The van der Waals surface area contributed by atoms with Crippen LogP contribution in [0.15, 0.2) is 0 Å². The van der Waals surface area contributed by atoms with Crippen LogP contribution >= 0.6 is 0 Å². The molecule has 3 rings (SSSR count). The fourth-order valence-corrected chi connectivity index (χ4v) is 4.27. The summed E-state index contributed by atoms with van der Waals surface area (Å²) in [7, 11) is 0. The van der Waals surface area contributed by atoms with Crippen molar-refractivity contribution in [3.05, 3.63) is 0 Å². The molecule has 0 aromatic carbocycles. The minimum atomic E-state index is 0.303. The molecule has 3 unspecified atom stereocenters. The highest BCUT2D eigenvalue weighted by Crippen LogP contribution is 2.62. The summed E-state index contributed by atoms with van der Waals surface area (Å²) in [5.41, 5.74) is 0.677. The van der Waals surface area contributed by atoms with Crippen molar-refractivity contribution < 1.29 is 4.79 Å². The number of nitrogens with one attached hydrogen (secondary N) is 1. The minimum absolute atomic E-state index is 0.303. The van der Waals surface area contributed by atoms with Crippen LogP contribution in [0, 0.1) is 22.7 Å². The van der Waals surface area contributed by atoms with Crippen molar-refractivity contribution in [2.24, 2.45) is 22.7 Å². The van der Waals surface area contributed by atoms with Crippen molar-refractivity contribution in [1.29, 1.82) is 0 Å². The summed E-state index contributed by atoms with van der Waals surface area (Å²) in [4.78, 5) is 12.0. The van der Waals surface area contributed by atoms with Crippen molar-refractivity contribution in [1.82, 2.24) is 5.32 Å². The monoisotopic (exact) mass is 221 g/mol. The zero-order valence-electron chi connectivity index (χ0n) is 10.7. The Morgan fingerprint density at radius 2 is 1.88 bits per heavy atom. The van der Waals surface area contributed by atoms with E-state index in [0.29, 0.717) is 28.7 Å². The Balaban J connectivity index is 1.79. The molecule has 2 bridgehead atoms. The van der Waals surface area contributed by atoms with E-state index in [0.717, 1.165) is 18.8 Å². The topological polar surface area (TPSA) is 29.1 Å². The third kappa shape index (κ3) is 1.34. The van der Waals surface area contributed by atoms with Crippen molar-refractivity contribution in [2.45, 2.75) is 58.9 Å². The first-order valence-corrected chi connectivity index (χ1v) is 6.74. The maximum Gasteiger partial charge on any atom is 0.223 e. The molecule has 0 aromatic heterocycles. The molecule has 0 radical (unpaired) electrons. The van der Waals surface area contributed by atoms with Gasteiger partial charge in [0, 0.05) is 12.0 Å². The summed E-state index contributed by atoms with van der Waals surface area (Å²) in [6.45, 7) is 7.07. The second kappa shape index (κ2) is 3.02. The van der Waals surface area contributed by atoms with E-state index in [1.165, 1.54) is 19.3 Å². The van der Waals surface area contributed by atoms with Gasteiger partial charge in [-0.25, -0.2) is 0 Å². The SMILES string of the molecule is CC12CCC(C1)C(C)(C)C2NC(=O)C1CC1. The van der Waals surface area contributed by atoms with E-state index in [2.05, 4.69) is 26.1 Å². The molecule has 1 amide bonds. The number of hydrogen-bond donors (Lipinski definition) is 1. The molecule has 2 nitrogen and oxygen atoms in total. The summed E-state index contributed by atoms with van der Waals surface area (Å²) in [5.74, 6) is 1.49. The highest BCUT2D eigenvalue weighted by atomic mass is 16.2. The average Bonchev–Trinajstić information content (AvgIpc) is 2.94. The molecule has 3 fully saturated rings. The molecule has 3 saturated carbocycles. The first-order valence-electron chi connectivity index (χ1n) is 6.74. The number of carbonyl (C=O) groups is 1. The third-order valence-electron chi connectivity index (χ3n) is 5.50. The quantitative estimate of drug-likeness (QED) is 0.763. The van der Waals surface area contributed by atoms with Crippen LogP contribution < -0.4 is 5.32 Å². The van der Waals surface area contributed by atoms with Gasteiger partial charge in [0.25, 0.3) is 0 Å². The zero-order chi connectivity index (χ0) is 11.6. The van der Waals surface area contributed by atoms with Crippen LogP contribution in [0.2, 0.25) is 0 Å². The van der Waals surface area contributed by atoms with Crippen LogP contribution in [0.3, 0.4) is 0 Å². The molecule has 0 spiro atoms. The Morgan fingerprint density at radius 1 is 1.19 bits per heavy atom. The Kier molecular flexibility index (Phi) is 2.01. The summed E-state index contributed by atoms with van der Waals surface area (Å²) in [6.07, 6.45) is 6.20. The number of rotatable bonds is 2. The van der Waals surface area contributed by atoms with Gasteiger partial charge in [-0.2, -0.15) is 0 Å². The van der Waals surface area contributed by atoms with Gasteiger partial charge in [-0.1, -0.05) is 20.8 Å². The first kappa shape index (κ1) is 10.6. The van der Waals surface area contributed by atoms with E-state index in [9.17, 15) is 4.79 Å². The molecule has 16 heavy (non-hydrogen) atoms. The lowest BCUT2D eigenvalue weighted by Gasteiger charge is -2.43. The standard InChI is InChI=1S/C14H23NO/c1-13(2)10-6-7-14(3,8-10)12(13)15-11(16)9-4-5-9/h9-10,12H,4-8H2,1-3H3,(H,15,16). The van der Waals surface area contributed by atoms with Crippen LogP contribution in [0.1, 0.15) is 52.9 Å². The second-order valence-electron chi connectivity index (χ2n) is 7.13. The largest absolute Gasteiger partial charge is 0.352 e. The lowest BCUT2D eigenvalue weighted by atomic mass is 9.68. The highest BCUT2D eigenvalue weighted by Gasteiger charge is 2.60. The molecular formula is C14H23NO. The van der Waals surface area contributed by atoms with Gasteiger partial charge < -0.3 is 5.32 Å². The summed E-state index contributed by atoms with van der Waals surface area (Å²) in [6, 6.07) is 0.409. The fraction of sp³-hybridized carbons (Fsp3) is 0.929. The molecule has 3 atom stereocenters. The van der Waals surface area contributed by atoms with E-state index < -0.39 is 0 Å². The molecule has 0 heterocycles. The molecule has 2 heteroatoms. The zero-order valence-corrected chi connectivity index (χ0v) is 10.7. The van der Waals surface area contributed by atoms with E-state index in [1.807, 2.05) is 0 Å². The van der Waals surface area contributed by atoms with Crippen LogP contribution in [-0.4, -0.2) is 11.9 Å². The van der Waals surface area contributed by atoms with Gasteiger partial charge in [-0.05, 0) is 48.9 Å². The second-order valence-corrected chi connectivity index (χ2v) is 7.13. The van der Waals surface area contributed by atoms with Crippen LogP contribution in [0.4, 0.5) is 0 Å². The third-order valence-corrected chi connectivity index (χ3v) is 5.50. The lowest BCUT2D eigenvalue weighted by Crippen LogP contribution is -2.52. The van der Waals surface area contributed by atoms with Gasteiger partial charge in [-0.15, -0.1) is 0 Å². The number of carbonyl (C=O) groups excluding carboxylic acids is 1. The van der Waals surface area contributed by atoms with Crippen LogP contribution in [0.25, 0.3) is 0 Å².